The van der Waals surface area contributed by atoms with Crippen molar-refractivity contribution in [2.75, 3.05) is 40.8 Å². The number of nitrogens with one attached hydrogen (secondary N) is 2. The van der Waals surface area contributed by atoms with Crippen molar-refractivity contribution in [3.05, 3.63) is 0 Å². The second-order valence-corrected chi connectivity index (χ2v) is 6.30. The second-order valence-electron chi connectivity index (χ2n) is 6.30. The fourth-order valence-electron chi connectivity index (χ4n) is 2.62. The summed E-state index contributed by atoms with van der Waals surface area (Å²) >= 11 is 0. The standard InChI is InChI=1S/C15H30N4O2/c1-12-7-5-6-8-13(12)17-14(20)11-19(4)10-9-16-15(21)18(2)3/h12-13H,5-11H2,1-4H3,(H,16,21)(H,17,20)/t12-,13+/m0/s1. The normalized spacial score (nSPS) is 22.0. The fourth-order valence-corrected chi connectivity index (χ4v) is 2.62. The summed E-state index contributed by atoms with van der Waals surface area (Å²) in [6.45, 7) is 3.79. The topological polar surface area (TPSA) is 64.7 Å². The first-order valence-electron chi connectivity index (χ1n) is 7.83. The third-order valence-electron chi connectivity index (χ3n) is 4.05. The van der Waals surface area contributed by atoms with Crippen molar-refractivity contribution in [3.8, 4) is 0 Å². The summed E-state index contributed by atoms with van der Waals surface area (Å²) in [6.07, 6.45) is 4.79. The Balaban J connectivity index is 2.19. The highest BCUT2D eigenvalue weighted by Crippen LogP contribution is 2.23. The van der Waals surface area contributed by atoms with Crippen molar-refractivity contribution in [2.24, 2.45) is 5.92 Å². The summed E-state index contributed by atoms with van der Waals surface area (Å²) in [7, 11) is 5.31. The van der Waals surface area contributed by atoms with E-state index in [1.807, 2.05) is 11.9 Å². The molecule has 0 aliphatic heterocycles. The number of carbonyl (C=O) groups is 2. The van der Waals surface area contributed by atoms with Crippen LogP contribution in [0.5, 0.6) is 0 Å². The van der Waals surface area contributed by atoms with Gasteiger partial charge in [0.2, 0.25) is 5.91 Å². The van der Waals surface area contributed by atoms with Crippen molar-refractivity contribution in [3.63, 3.8) is 0 Å². The third kappa shape index (κ3) is 6.80. The molecule has 1 aliphatic carbocycles. The van der Waals surface area contributed by atoms with Crippen LogP contribution in [0.15, 0.2) is 0 Å². The first-order chi connectivity index (χ1) is 9.90. The molecule has 2 atom stereocenters. The SMILES string of the molecule is C[C@H]1CCCC[C@H]1NC(=O)CN(C)CCNC(=O)N(C)C. The van der Waals surface area contributed by atoms with Gasteiger partial charge >= 0.3 is 6.03 Å². The zero-order valence-corrected chi connectivity index (χ0v) is 13.8. The highest BCUT2D eigenvalue weighted by molar-refractivity contribution is 5.78. The number of hydrogen-bond acceptors (Lipinski definition) is 3. The first-order valence-corrected chi connectivity index (χ1v) is 7.83. The summed E-state index contributed by atoms with van der Waals surface area (Å²) in [5.41, 5.74) is 0. The quantitative estimate of drug-likeness (QED) is 0.765. The average Bonchev–Trinajstić information content (AvgIpc) is 2.41. The molecule has 0 spiro atoms. The summed E-state index contributed by atoms with van der Waals surface area (Å²) in [5.74, 6) is 0.655. The van der Waals surface area contributed by atoms with Gasteiger partial charge in [-0.1, -0.05) is 19.8 Å². The Morgan fingerprint density at radius 2 is 1.81 bits per heavy atom. The van der Waals surface area contributed by atoms with Crippen LogP contribution >= 0.6 is 0 Å². The Hall–Kier alpha value is -1.30. The van der Waals surface area contributed by atoms with Crippen molar-refractivity contribution < 1.29 is 9.59 Å². The summed E-state index contributed by atoms with van der Waals surface area (Å²) in [6, 6.07) is 0.219. The van der Waals surface area contributed by atoms with Crippen molar-refractivity contribution in [1.82, 2.24) is 20.4 Å². The molecule has 0 unspecified atom stereocenters. The number of hydrogen-bond donors (Lipinski definition) is 2. The van der Waals surface area contributed by atoms with Crippen LogP contribution in [0.25, 0.3) is 0 Å². The van der Waals surface area contributed by atoms with Gasteiger partial charge < -0.3 is 15.5 Å². The predicted molar refractivity (Wildman–Crippen MR) is 84.1 cm³/mol. The maximum absolute atomic E-state index is 12.0. The van der Waals surface area contributed by atoms with Crippen molar-refractivity contribution in [2.45, 2.75) is 38.6 Å². The Morgan fingerprint density at radius 3 is 2.43 bits per heavy atom. The van der Waals surface area contributed by atoms with Gasteiger partial charge in [-0.15, -0.1) is 0 Å². The number of amides is 3. The van der Waals surface area contributed by atoms with Gasteiger partial charge in [0.25, 0.3) is 0 Å². The predicted octanol–water partition coefficient (Wildman–Crippen LogP) is 0.884. The molecule has 0 heterocycles. The lowest BCUT2D eigenvalue weighted by atomic mass is 9.86. The Kier molecular flexibility index (Phi) is 7.50. The number of rotatable bonds is 6. The lowest BCUT2D eigenvalue weighted by Crippen LogP contribution is -2.46. The molecular weight excluding hydrogens is 268 g/mol. The maximum Gasteiger partial charge on any atom is 0.316 e. The van der Waals surface area contributed by atoms with E-state index < -0.39 is 0 Å². The number of nitrogens with zero attached hydrogens (tertiary/aromatic N) is 2. The molecular formula is C15H30N4O2. The van der Waals surface area contributed by atoms with Crippen molar-refractivity contribution >= 4 is 11.9 Å². The van der Waals surface area contributed by atoms with Crippen LogP contribution in [-0.2, 0) is 4.79 Å². The van der Waals surface area contributed by atoms with Crippen LogP contribution in [0.4, 0.5) is 4.79 Å². The molecule has 1 rings (SSSR count). The van der Waals surface area contributed by atoms with E-state index in [1.54, 1.807) is 14.1 Å². The van der Waals surface area contributed by atoms with Gasteiger partial charge in [0.1, 0.15) is 0 Å². The summed E-state index contributed by atoms with van der Waals surface area (Å²) < 4.78 is 0. The Bertz CT molecular complexity index is 347. The molecule has 0 aromatic rings. The molecule has 0 saturated heterocycles. The van der Waals surface area contributed by atoms with Crippen molar-refractivity contribution in [1.29, 1.82) is 0 Å². The molecule has 122 valence electrons. The minimum absolute atomic E-state index is 0.0789. The molecule has 1 fully saturated rings. The molecule has 0 aromatic carbocycles. The molecule has 6 nitrogen and oxygen atoms in total. The van der Waals surface area contributed by atoms with Gasteiger partial charge in [0, 0.05) is 33.2 Å². The van der Waals surface area contributed by atoms with Crippen LogP contribution in [0.1, 0.15) is 32.6 Å². The minimum atomic E-state index is -0.108. The van der Waals surface area contributed by atoms with Crippen LogP contribution in [-0.4, -0.2) is 68.6 Å². The second kappa shape index (κ2) is 8.87. The highest BCUT2D eigenvalue weighted by Gasteiger charge is 2.22. The molecule has 1 aliphatic rings. The zero-order chi connectivity index (χ0) is 15.8. The highest BCUT2D eigenvalue weighted by atomic mass is 16.2. The lowest BCUT2D eigenvalue weighted by molar-refractivity contribution is -0.123. The van der Waals surface area contributed by atoms with E-state index in [-0.39, 0.29) is 11.9 Å². The molecule has 21 heavy (non-hydrogen) atoms. The van der Waals surface area contributed by atoms with E-state index in [1.165, 1.54) is 24.2 Å². The smallest absolute Gasteiger partial charge is 0.316 e. The Morgan fingerprint density at radius 1 is 1.14 bits per heavy atom. The number of urea groups is 1. The molecule has 6 heteroatoms. The van der Waals surface area contributed by atoms with Crippen LogP contribution < -0.4 is 10.6 Å². The minimum Gasteiger partial charge on any atom is -0.352 e. The van der Waals surface area contributed by atoms with Crippen LogP contribution in [0.2, 0.25) is 0 Å². The number of likely N-dealkylation sites (N-methyl/N-ethyl adjacent to an activating group) is 1. The lowest BCUT2D eigenvalue weighted by Gasteiger charge is -2.30. The Labute approximate surface area is 128 Å². The zero-order valence-electron chi connectivity index (χ0n) is 13.8. The van der Waals surface area contributed by atoms with Gasteiger partial charge in [-0.25, -0.2) is 4.79 Å². The summed E-state index contributed by atoms with van der Waals surface area (Å²) in [5, 5.41) is 5.93. The van der Waals surface area contributed by atoms with Gasteiger partial charge in [-0.2, -0.15) is 0 Å². The van der Waals surface area contributed by atoms with E-state index in [4.69, 9.17) is 0 Å². The van der Waals surface area contributed by atoms with E-state index in [0.29, 0.717) is 31.6 Å². The molecule has 0 bridgehead atoms. The molecule has 1 saturated carbocycles. The molecule has 0 aromatic heterocycles. The van der Waals surface area contributed by atoms with Gasteiger partial charge in [-0.05, 0) is 25.8 Å². The molecule has 2 N–H and O–H groups in total. The van der Waals surface area contributed by atoms with E-state index in [2.05, 4.69) is 17.6 Å². The van der Waals surface area contributed by atoms with Gasteiger partial charge in [-0.3, -0.25) is 9.69 Å². The first kappa shape index (κ1) is 17.8. The monoisotopic (exact) mass is 298 g/mol. The summed E-state index contributed by atoms with van der Waals surface area (Å²) in [4.78, 5) is 26.8. The third-order valence-corrected chi connectivity index (χ3v) is 4.05. The van der Waals surface area contributed by atoms with Gasteiger partial charge in [0.05, 0.1) is 6.54 Å². The van der Waals surface area contributed by atoms with E-state index in [0.717, 1.165) is 6.42 Å². The van der Waals surface area contributed by atoms with Gasteiger partial charge in [0.15, 0.2) is 0 Å². The van der Waals surface area contributed by atoms with Crippen LogP contribution in [0.3, 0.4) is 0 Å². The fraction of sp³-hybridized carbons (Fsp3) is 0.867. The maximum atomic E-state index is 12.0. The molecule has 0 radical (unpaired) electrons. The van der Waals surface area contributed by atoms with E-state index in [9.17, 15) is 9.59 Å². The largest absolute Gasteiger partial charge is 0.352 e. The number of carbonyl (C=O) groups excluding carboxylic acids is 2. The van der Waals surface area contributed by atoms with Crippen LogP contribution in [0, 0.1) is 5.92 Å². The average molecular weight is 298 g/mol. The van der Waals surface area contributed by atoms with E-state index >= 15 is 0 Å². The molecule has 3 amide bonds.